The van der Waals surface area contributed by atoms with Crippen LogP contribution in [-0.2, 0) is 9.47 Å². The number of ether oxygens (including phenoxy) is 2. The molecule has 0 heterocycles. The van der Waals surface area contributed by atoms with Crippen molar-refractivity contribution >= 4 is 6.09 Å². The molecule has 0 radical (unpaired) electrons. The van der Waals surface area contributed by atoms with Crippen LogP contribution in [0.2, 0.25) is 0 Å². The topological polar surface area (TPSA) is 59.6 Å². The molecule has 0 saturated heterocycles. The molecule has 2 aliphatic rings. The first kappa shape index (κ1) is 20.5. The van der Waals surface area contributed by atoms with E-state index in [-0.39, 0.29) is 6.09 Å². The molecule has 2 aliphatic carbocycles. The van der Waals surface area contributed by atoms with Gasteiger partial charge >= 0.3 is 6.09 Å². The van der Waals surface area contributed by atoms with Crippen molar-refractivity contribution in [1.29, 1.82) is 0 Å². The quantitative estimate of drug-likeness (QED) is 0.657. The number of nitrogens with one attached hydrogen (secondary N) is 2. The fourth-order valence-corrected chi connectivity index (χ4v) is 4.17. The summed E-state index contributed by atoms with van der Waals surface area (Å²) < 4.78 is 11.3. The molecule has 5 nitrogen and oxygen atoms in total. The average Bonchev–Trinajstić information content (AvgIpc) is 2.44. The Morgan fingerprint density at radius 1 is 1.28 bits per heavy atom. The first-order chi connectivity index (χ1) is 11.8. The zero-order chi connectivity index (χ0) is 18.5. The molecular weight excluding hydrogens is 316 g/mol. The van der Waals surface area contributed by atoms with E-state index in [1.54, 1.807) is 0 Å². The molecule has 0 aliphatic heterocycles. The minimum Gasteiger partial charge on any atom is -0.444 e. The van der Waals surface area contributed by atoms with Crippen molar-refractivity contribution < 1.29 is 14.3 Å². The number of hydrogen-bond acceptors (Lipinski definition) is 4. The third kappa shape index (κ3) is 5.33. The lowest BCUT2D eigenvalue weighted by molar-refractivity contribution is -0.174. The van der Waals surface area contributed by atoms with Gasteiger partial charge in [0.15, 0.2) is 0 Å². The molecule has 0 aromatic rings. The first-order valence-corrected chi connectivity index (χ1v) is 10.1. The van der Waals surface area contributed by atoms with Crippen LogP contribution in [-0.4, -0.2) is 43.0 Å². The van der Waals surface area contributed by atoms with Crippen LogP contribution in [0, 0.1) is 5.41 Å². The summed E-state index contributed by atoms with van der Waals surface area (Å²) in [5.74, 6) is 0. The van der Waals surface area contributed by atoms with Gasteiger partial charge in [0.05, 0.1) is 6.10 Å². The van der Waals surface area contributed by atoms with Gasteiger partial charge in [0.1, 0.15) is 5.60 Å². The highest BCUT2D eigenvalue weighted by Gasteiger charge is 2.58. The third-order valence-corrected chi connectivity index (χ3v) is 5.67. The normalized spacial score (nSPS) is 25.8. The van der Waals surface area contributed by atoms with Gasteiger partial charge in [0.25, 0.3) is 0 Å². The molecule has 2 fully saturated rings. The van der Waals surface area contributed by atoms with E-state index in [0.29, 0.717) is 30.1 Å². The molecule has 1 spiro atoms. The van der Waals surface area contributed by atoms with Gasteiger partial charge < -0.3 is 20.1 Å². The van der Waals surface area contributed by atoms with Gasteiger partial charge in [-0.1, -0.05) is 26.2 Å². The zero-order valence-corrected chi connectivity index (χ0v) is 16.8. The number of hydrogen-bond donors (Lipinski definition) is 2. The van der Waals surface area contributed by atoms with Gasteiger partial charge in [-0.05, 0) is 53.4 Å². The van der Waals surface area contributed by atoms with Gasteiger partial charge in [-0.15, -0.1) is 0 Å². The Labute approximate surface area is 153 Å². The molecular formula is C20H38N2O3. The molecule has 0 aromatic heterocycles. The summed E-state index contributed by atoms with van der Waals surface area (Å²) in [6, 6.07) is 0.831. The van der Waals surface area contributed by atoms with Crippen LogP contribution in [0.15, 0.2) is 0 Å². The molecule has 5 heteroatoms. The molecule has 0 aromatic carbocycles. The lowest BCUT2D eigenvalue weighted by Gasteiger charge is -2.62. The van der Waals surface area contributed by atoms with Crippen LogP contribution >= 0.6 is 0 Å². The number of carbonyl (C=O) groups is 1. The van der Waals surface area contributed by atoms with Gasteiger partial charge in [0.2, 0.25) is 0 Å². The van der Waals surface area contributed by atoms with Gasteiger partial charge in [-0.3, -0.25) is 0 Å². The van der Waals surface area contributed by atoms with Crippen molar-refractivity contribution in [2.45, 2.75) is 103 Å². The molecule has 0 bridgehead atoms. The summed E-state index contributed by atoms with van der Waals surface area (Å²) in [7, 11) is 0. The van der Waals surface area contributed by atoms with E-state index in [4.69, 9.17) is 9.47 Å². The lowest BCUT2D eigenvalue weighted by atomic mass is 9.51. The van der Waals surface area contributed by atoms with Crippen molar-refractivity contribution in [3.63, 3.8) is 0 Å². The second-order valence-electron chi connectivity index (χ2n) is 8.71. The molecule has 3 atom stereocenters. The lowest BCUT2D eigenvalue weighted by Crippen LogP contribution is -2.68. The van der Waals surface area contributed by atoms with E-state index < -0.39 is 5.60 Å². The maximum Gasteiger partial charge on any atom is 0.407 e. The van der Waals surface area contributed by atoms with Crippen LogP contribution < -0.4 is 10.6 Å². The molecule has 1 amide bonds. The van der Waals surface area contributed by atoms with Crippen LogP contribution in [0.5, 0.6) is 0 Å². The van der Waals surface area contributed by atoms with Crippen molar-refractivity contribution in [1.82, 2.24) is 10.6 Å². The number of alkyl carbamates (subject to hydrolysis) is 1. The highest BCUT2D eigenvalue weighted by Crippen LogP contribution is 2.57. The fraction of sp³-hybridized carbons (Fsp3) is 0.950. The Morgan fingerprint density at radius 2 is 2.00 bits per heavy atom. The summed E-state index contributed by atoms with van der Waals surface area (Å²) in [6.45, 7) is 11.4. The number of amides is 1. The summed E-state index contributed by atoms with van der Waals surface area (Å²) in [4.78, 5) is 12.0. The maximum atomic E-state index is 12.0. The van der Waals surface area contributed by atoms with E-state index in [0.717, 1.165) is 19.4 Å². The Bertz CT molecular complexity index is 429. The van der Waals surface area contributed by atoms with Crippen LogP contribution in [0.25, 0.3) is 0 Å². The minimum atomic E-state index is -0.453. The van der Waals surface area contributed by atoms with Crippen LogP contribution in [0.4, 0.5) is 4.79 Å². The molecule has 25 heavy (non-hydrogen) atoms. The molecule has 2 rings (SSSR count). The molecule has 2 N–H and O–H groups in total. The highest BCUT2D eigenvalue weighted by molar-refractivity contribution is 5.67. The van der Waals surface area contributed by atoms with Crippen molar-refractivity contribution in [2.24, 2.45) is 5.41 Å². The zero-order valence-electron chi connectivity index (χ0n) is 16.8. The SMILES string of the molecule is CCCCC(CNC(=O)OC(C)(C)C)NC1CC(OCC)C12CCC2. The Hall–Kier alpha value is -0.810. The standard InChI is InChI=1S/C20H38N2O3/c1-6-8-10-15(14-21-18(23)25-19(3,4)5)22-16-13-17(24-7-2)20(16)11-9-12-20/h15-17,22H,6-14H2,1-5H3,(H,21,23). The van der Waals surface area contributed by atoms with E-state index in [2.05, 4.69) is 24.5 Å². The minimum absolute atomic E-state index is 0.303. The second-order valence-corrected chi connectivity index (χ2v) is 8.71. The third-order valence-electron chi connectivity index (χ3n) is 5.67. The summed E-state index contributed by atoms with van der Waals surface area (Å²) in [5, 5.41) is 6.78. The van der Waals surface area contributed by atoms with E-state index >= 15 is 0 Å². The van der Waals surface area contributed by atoms with E-state index in [1.165, 1.54) is 32.1 Å². The first-order valence-electron chi connectivity index (χ1n) is 10.1. The van der Waals surface area contributed by atoms with Crippen molar-refractivity contribution in [3.05, 3.63) is 0 Å². The van der Waals surface area contributed by atoms with Crippen molar-refractivity contribution in [3.8, 4) is 0 Å². The predicted molar refractivity (Wildman–Crippen MR) is 101 cm³/mol. The maximum absolute atomic E-state index is 12.0. The van der Waals surface area contributed by atoms with Crippen LogP contribution in [0.3, 0.4) is 0 Å². The fourth-order valence-electron chi connectivity index (χ4n) is 4.17. The smallest absolute Gasteiger partial charge is 0.407 e. The summed E-state index contributed by atoms with van der Waals surface area (Å²) in [5.41, 5.74) is -0.0997. The summed E-state index contributed by atoms with van der Waals surface area (Å²) in [6.07, 6.45) is 8.48. The summed E-state index contributed by atoms with van der Waals surface area (Å²) >= 11 is 0. The largest absolute Gasteiger partial charge is 0.444 e. The van der Waals surface area contributed by atoms with E-state index in [9.17, 15) is 4.79 Å². The second kappa shape index (κ2) is 8.72. The predicted octanol–water partition coefficient (Wildman–Crippen LogP) is 4.01. The molecule has 2 saturated carbocycles. The molecule has 3 unspecified atom stereocenters. The Kier molecular flexibility index (Phi) is 7.15. The van der Waals surface area contributed by atoms with Gasteiger partial charge in [-0.25, -0.2) is 4.79 Å². The average molecular weight is 355 g/mol. The van der Waals surface area contributed by atoms with Gasteiger partial charge in [0, 0.05) is 30.7 Å². The van der Waals surface area contributed by atoms with E-state index in [1.807, 2.05) is 20.8 Å². The monoisotopic (exact) mass is 354 g/mol. The Balaban J connectivity index is 1.84. The van der Waals surface area contributed by atoms with Crippen molar-refractivity contribution in [2.75, 3.05) is 13.2 Å². The van der Waals surface area contributed by atoms with Gasteiger partial charge in [-0.2, -0.15) is 0 Å². The Morgan fingerprint density at radius 3 is 2.52 bits per heavy atom. The number of carbonyl (C=O) groups excluding carboxylic acids is 1. The highest BCUT2D eigenvalue weighted by atomic mass is 16.6. The number of rotatable bonds is 9. The molecule has 146 valence electrons. The van der Waals surface area contributed by atoms with Crippen LogP contribution in [0.1, 0.15) is 79.6 Å². The number of unbranched alkanes of at least 4 members (excludes halogenated alkanes) is 1.